The van der Waals surface area contributed by atoms with Gasteiger partial charge in [0.2, 0.25) is 12.7 Å². The highest BCUT2D eigenvalue weighted by Gasteiger charge is 2.20. The molecule has 0 atom stereocenters. The van der Waals surface area contributed by atoms with E-state index in [1.807, 2.05) is 71.6 Å². The lowest BCUT2D eigenvalue weighted by Gasteiger charge is -2.25. The molecule has 0 aliphatic carbocycles. The van der Waals surface area contributed by atoms with E-state index in [2.05, 4.69) is 0 Å². The minimum Gasteiger partial charge on any atom is -0.486 e. The van der Waals surface area contributed by atoms with E-state index in [9.17, 15) is 4.79 Å². The van der Waals surface area contributed by atoms with Crippen molar-refractivity contribution < 1.29 is 23.7 Å². The van der Waals surface area contributed by atoms with Crippen LogP contribution in [0.3, 0.4) is 0 Å². The maximum absolute atomic E-state index is 13.3. The Morgan fingerprint density at radius 3 is 2.13 bits per heavy atom. The maximum atomic E-state index is 13.3. The standard InChI is InChI=1S/C25H23NO5/c27-25(14-19-6-8-22-24(12-19)31-17-30-22)26(15-18-4-2-1-3-5-18)16-20-7-9-21-23(13-20)29-11-10-28-21/h1-9,12-13H,10-11,14-17H2. The average molecular weight is 417 g/mol. The number of carbonyl (C=O) groups is 1. The highest BCUT2D eigenvalue weighted by Crippen LogP contribution is 2.33. The zero-order chi connectivity index (χ0) is 21.0. The number of hydrogen-bond acceptors (Lipinski definition) is 5. The van der Waals surface area contributed by atoms with Gasteiger partial charge in [0.25, 0.3) is 0 Å². The second kappa shape index (κ2) is 8.60. The fraction of sp³-hybridized carbons (Fsp3) is 0.240. The molecule has 3 aromatic carbocycles. The summed E-state index contributed by atoms with van der Waals surface area (Å²) >= 11 is 0. The van der Waals surface area contributed by atoms with Gasteiger partial charge in [0, 0.05) is 13.1 Å². The first-order chi connectivity index (χ1) is 15.2. The van der Waals surface area contributed by atoms with Crippen molar-refractivity contribution in [3.63, 3.8) is 0 Å². The molecule has 3 aromatic rings. The summed E-state index contributed by atoms with van der Waals surface area (Å²) in [7, 11) is 0. The summed E-state index contributed by atoms with van der Waals surface area (Å²) in [5, 5.41) is 0. The number of benzene rings is 3. The van der Waals surface area contributed by atoms with Gasteiger partial charge in [0.15, 0.2) is 23.0 Å². The van der Waals surface area contributed by atoms with E-state index in [4.69, 9.17) is 18.9 Å². The minimum atomic E-state index is 0.0395. The molecule has 0 radical (unpaired) electrons. The summed E-state index contributed by atoms with van der Waals surface area (Å²) in [5.41, 5.74) is 2.98. The van der Waals surface area contributed by atoms with Crippen LogP contribution < -0.4 is 18.9 Å². The first-order valence-corrected chi connectivity index (χ1v) is 10.3. The van der Waals surface area contributed by atoms with Crippen molar-refractivity contribution >= 4 is 5.91 Å². The molecule has 6 nitrogen and oxygen atoms in total. The molecule has 1 amide bonds. The van der Waals surface area contributed by atoms with E-state index >= 15 is 0 Å². The van der Waals surface area contributed by atoms with Crippen molar-refractivity contribution in [1.29, 1.82) is 0 Å². The third-order valence-corrected chi connectivity index (χ3v) is 5.34. The van der Waals surface area contributed by atoms with Crippen molar-refractivity contribution in [2.45, 2.75) is 19.5 Å². The van der Waals surface area contributed by atoms with Crippen LogP contribution >= 0.6 is 0 Å². The number of hydrogen-bond donors (Lipinski definition) is 0. The smallest absolute Gasteiger partial charge is 0.231 e. The second-order valence-electron chi connectivity index (χ2n) is 7.58. The van der Waals surface area contributed by atoms with Crippen molar-refractivity contribution in [2.24, 2.45) is 0 Å². The van der Waals surface area contributed by atoms with Gasteiger partial charge in [0.1, 0.15) is 13.2 Å². The highest BCUT2D eigenvalue weighted by atomic mass is 16.7. The Labute approximate surface area is 180 Å². The molecule has 0 saturated carbocycles. The molecule has 0 aromatic heterocycles. The van der Waals surface area contributed by atoms with Crippen molar-refractivity contribution in [2.75, 3.05) is 20.0 Å². The lowest BCUT2D eigenvalue weighted by atomic mass is 10.1. The molecule has 6 heteroatoms. The SMILES string of the molecule is O=C(Cc1ccc2c(c1)OCO2)N(Cc1ccccc1)Cc1ccc2c(c1)OCCO2. The van der Waals surface area contributed by atoms with Crippen LogP contribution in [0, 0.1) is 0 Å². The van der Waals surface area contributed by atoms with E-state index in [-0.39, 0.29) is 19.1 Å². The molecule has 2 heterocycles. The van der Waals surface area contributed by atoms with Gasteiger partial charge >= 0.3 is 0 Å². The van der Waals surface area contributed by atoms with Gasteiger partial charge in [0.05, 0.1) is 6.42 Å². The predicted octanol–water partition coefficient (Wildman–Crippen LogP) is 3.96. The van der Waals surface area contributed by atoms with Gasteiger partial charge in [-0.2, -0.15) is 0 Å². The van der Waals surface area contributed by atoms with Crippen LogP contribution in [-0.4, -0.2) is 30.8 Å². The van der Waals surface area contributed by atoms with Gasteiger partial charge in [-0.15, -0.1) is 0 Å². The van der Waals surface area contributed by atoms with E-state index in [0.29, 0.717) is 37.8 Å². The fourth-order valence-electron chi connectivity index (χ4n) is 3.78. The summed E-state index contributed by atoms with van der Waals surface area (Å²) in [5.74, 6) is 2.92. The third-order valence-electron chi connectivity index (χ3n) is 5.34. The molecule has 31 heavy (non-hydrogen) atoms. The Morgan fingerprint density at radius 1 is 0.677 bits per heavy atom. The molecular formula is C25H23NO5. The molecule has 158 valence electrons. The molecule has 2 aliphatic rings. The van der Waals surface area contributed by atoms with Gasteiger partial charge in [-0.05, 0) is 41.0 Å². The van der Waals surface area contributed by atoms with Crippen LogP contribution in [0.5, 0.6) is 23.0 Å². The summed E-state index contributed by atoms with van der Waals surface area (Å²) in [6, 6.07) is 21.5. The fourth-order valence-corrected chi connectivity index (χ4v) is 3.78. The Kier molecular flexibility index (Phi) is 5.35. The molecular weight excluding hydrogens is 394 g/mol. The van der Waals surface area contributed by atoms with E-state index in [0.717, 1.165) is 28.2 Å². The molecule has 0 unspecified atom stereocenters. The molecule has 0 saturated heterocycles. The topological polar surface area (TPSA) is 57.2 Å². The summed E-state index contributed by atoms with van der Waals surface area (Å²) in [6.45, 7) is 2.32. The molecule has 0 fully saturated rings. The van der Waals surface area contributed by atoms with Crippen LogP contribution in [0.1, 0.15) is 16.7 Å². The number of carbonyl (C=O) groups excluding carboxylic acids is 1. The van der Waals surface area contributed by atoms with Crippen molar-refractivity contribution in [3.8, 4) is 23.0 Å². The van der Waals surface area contributed by atoms with Crippen LogP contribution in [-0.2, 0) is 24.3 Å². The Bertz CT molecular complexity index is 1080. The van der Waals surface area contributed by atoms with Gasteiger partial charge in [-0.25, -0.2) is 0 Å². The molecule has 0 spiro atoms. The monoisotopic (exact) mass is 417 g/mol. The third kappa shape index (κ3) is 4.43. The van der Waals surface area contributed by atoms with Gasteiger partial charge < -0.3 is 23.8 Å². The van der Waals surface area contributed by atoms with E-state index < -0.39 is 0 Å². The molecule has 0 bridgehead atoms. The first kappa shape index (κ1) is 19.3. The molecule has 0 N–H and O–H groups in total. The number of rotatable bonds is 6. The summed E-state index contributed by atoms with van der Waals surface area (Å²) in [6.07, 6.45) is 0.286. The normalized spacial score (nSPS) is 13.7. The number of ether oxygens (including phenoxy) is 4. The van der Waals surface area contributed by atoms with Gasteiger partial charge in [-0.1, -0.05) is 42.5 Å². The highest BCUT2D eigenvalue weighted by molar-refractivity contribution is 5.79. The largest absolute Gasteiger partial charge is 0.486 e. The minimum absolute atomic E-state index is 0.0395. The zero-order valence-electron chi connectivity index (χ0n) is 17.1. The first-order valence-electron chi connectivity index (χ1n) is 10.3. The van der Waals surface area contributed by atoms with E-state index in [1.54, 1.807) is 0 Å². The second-order valence-corrected chi connectivity index (χ2v) is 7.58. The molecule has 5 rings (SSSR count). The average Bonchev–Trinajstić information content (AvgIpc) is 3.27. The number of nitrogens with zero attached hydrogens (tertiary/aromatic N) is 1. The summed E-state index contributed by atoms with van der Waals surface area (Å²) < 4.78 is 22.1. The van der Waals surface area contributed by atoms with Crippen molar-refractivity contribution in [1.82, 2.24) is 4.90 Å². The lowest BCUT2D eigenvalue weighted by molar-refractivity contribution is -0.131. The van der Waals surface area contributed by atoms with Crippen LogP contribution in [0.15, 0.2) is 66.7 Å². The lowest BCUT2D eigenvalue weighted by Crippen LogP contribution is -2.31. The predicted molar refractivity (Wildman–Crippen MR) is 114 cm³/mol. The summed E-state index contributed by atoms with van der Waals surface area (Å²) in [4.78, 5) is 15.2. The van der Waals surface area contributed by atoms with Crippen LogP contribution in [0.2, 0.25) is 0 Å². The van der Waals surface area contributed by atoms with Crippen LogP contribution in [0.25, 0.3) is 0 Å². The quantitative estimate of drug-likeness (QED) is 0.608. The Morgan fingerprint density at radius 2 is 1.29 bits per heavy atom. The van der Waals surface area contributed by atoms with E-state index in [1.165, 1.54) is 0 Å². The maximum Gasteiger partial charge on any atom is 0.231 e. The Hall–Kier alpha value is -3.67. The van der Waals surface area contributed by atoms with Gasteiger partial charge in [-0.3, -0.25) is 4.79 Å². The zero-order valence-corrected chi connectivity index (χ0v) is 17.1. The Balaban J connectivity index is 1.36. The number of fused-ring (bicyclic) bond motifs is 2. The number of amides is 1. The van der Waals surface area contributed by atoms with Crippen LogP contribution in [0.4, 0.5) is 0 Å². The van der Waals surface area contributed by atoms with Crippen molar-refractivity contribution in [3.05, 3.63) is 83.4 Å². The molecule has 2 aliphatic heterocycles.